The van der Waals surface area contributed by atoms with E-state index >= 15 is 0 Å². The Morgan fingerprint density at radius 3 is 2.38 bits per heavy atom. The summed E-state index contributed by atoms with van der Waals surface area (Å²) < 4.78 is 0. The molecule has 0 N–H and O–H groups in total. The summed E-state index contributed by atoms with van der Waals surface area (Å²) in [5.41, 5.74) is 1.67. The molecule has 0 spiro atoms. The van der Waals surface area contributed by atoms with E-state index in [1.165, 1.54) is 12.0 Å². The summed E-state index contributed by atoms with van der Waals surface area (Å²) in [6, 6.07) is 10.6. The number of hydrogen-bond donors (Lipinski definition) is 0. The fraction of sp³-hybridized carbons (Fsp3) is 0.385. The van der Waals surface area contributed by atoms with Crippen molar-refractivity contribution >= 4 is 0 Å². The van der Waals surface area contributed by atoms with Crippen LogP contribution in [0.15, 0.2) is 43.0 Å². The lowest BCUT2D eigenvalue weighted by Crippen LogP contribution is -2.07. The highest BCUT2D eigenvalue weighted by Gasteiger charge is 2.11. The van der Waals surface area contributed by atoms with E-state index in [9.17, 15) is 0 Å². The second-order valence-electron chi connectivity index (χ2n) is 4.18. The summed E-state index contributed by atoms with van der Waals surface area (Å²) in [5, 5.41) is 0. The summed E-state index contributed by atoms with van der Waals surface area (Å²) in [6.45, 7) is 8.29. The molecule has 0 saturated carbocycles. The van der Waals surface area contributed by atoms with E-state index < -0.39 is 0 Å². The Hall–Kier alpha value is -1.04. The monoisotopic (exact) mass is 174 g/mol. The van der Waals surface area contributed by atoms with Crippen LogP contribution in [0.4, 0.5) is 0 Å². The molecule has 1 aromatic rings. The van der Waals surface area contributed by atoms with Crippen LogP contribution in [0.25, 0.3) is 0 Å². The molecule has 0 aliphatic heterocycles. The Morgan fingerprint density at radius 2 is 1.85 bits per heavy atom. The first-order valence-corrected chi connectivity index (χ1v) is 4.81. The van der Waals surface area contributed by atoms with Crippen molar-refractivity contribution in [3.63, 3.8) is 0 Å². The second kappa shape index (κ2) is 4.27. The molecule has 0 aromatic heterocycles. The summed E-state index contributed by atoms with van der Waals surface area (Å²) in [6.07, 6.45) is 4.34. The Bertz CT molecular complexity index is 257. The van der Waals surface area contributed by atoms with Gasteiger partial charge in [-0.15, -0.1) is 6.58 Å². The minimum atomic E-state index is 0.260. The second-order valence-corrected chi connectivity index (χ2v) is 4.18. The van der Waals surface area contributed by atoms with Gasteiger partial charge in [-0.3, -0.25) is 0 Å². The summed E-state index contributed by atoms with van der Waals surface area (Å²) in [4.78, 5) is 0. The minimum Gasteiger partial charge on any atom is -0.103 e. The zero-order chi connectivity index (χ0) is 9.73. The van der Waals surface area contributed by atoms with E-state index in [1.807, 2.05) is 6.08 Å². The molecule has 0 atom stereocenters. The highest BCUT2D eigenvalue weighted by atomic mass is 14.2. The maximum absolute atomic E-state index is 3.84. The number of aryl methyl sites for hydroxylation is 1. The molecule has 0 heterocycles. The zero-order valence-electron chi connectivity index (χ0n) is 8.59. The Morgan fingerprint density at radius 1 is 1.23 bits per heavy atom. The smallest absolute Gasteiger partial charge is 0.0174 e. The van der Waals surface area contributed by atoms with Crippen molar-refractivity contribution in [2.45, 2.75) is 26.7 Å². The lowest BCUT2D eigenvalue weighted by Gasteiger charge is -2.19. The molecule has 0 heteroatoms. The van der Waals surface area contributed by atoms with Gasteiger partial charge in [-0.25, -0.2) is 0 Å². The van der Waals surface area contributed by atoms with E-state index in [0.717, 1.165) is 6.42 Å². The molecule has 0 nitrogen and oxygen atoms in total. The average Bonchev–Trinajstić information content (AvgIpc) is 2.17. The molecule has 0 fully saturated rings. The number of allylic oxidation sites excluding steroid dienone is 1. The normalized spacial score (nSPS) is 11.2. The molecule has 0 aliphatic rings. The third-order valence-electron chi connectivity index (χ3n) is 2.45. The molecule has 13 heavy (non-hydrogen) atoms. The fourth-order valence-corrected chi connectivity index (χ4v) is 1.21. The predicted octanol–water partition coefficient (Wildman–Crippen LogP) is 3.83. The van der Waals surface area contributed by atoms with Crippen LogP contribution in [-0.4, -0.2) is 0 Å². The SMILES string of the molecule is C=CC(C)(C)CCc1ccccc1. The topological polar surface area (TPSA) is 0 Å². The van der Waals surface area contributed by atoms with E-state index in [2.05, 4.69) is 50.8 Å². The van der Waals surface area contributed by atoms with Gasteiger partial charge in [-0.2, -0.15) is 0 Å². The van der Waals surface area contributed by atoms with Gasteiger partial charge in [0.1, 0.15) is 0 Å². The molecule has 0 aliphatic carbocycles. The predicted molar refractivity (Wildman–Crippen MR) is 58.7 cm³/mol. The summed E-state index contributed by atoms with van der Waals surface area (Å²) >= 11 is 0. The largest absolute Gasteiger partial charge is 0.103 e. The Balaban J connectivity index is 2.48. The molecule has 0 amide bonds. The van der Waals surface area contributed by atoms with Gasteiger partial charge in [-0.05, 0) is 23.8 Å². The minimum absolute atomic E-state index is 0.260. The molecule has 70 valence electrons. The van der Waals surface area contributed by atoms with Gasteiger partial charge in [0.05, 0.1) is 0 Å². The van der Waals surface area contributed by atoms with Gasteiger partial charge >= 0.3 is 0 Å². The van der Waals surface area contributed by atoms with Crippen LogP contribution in [0.5, 0.6) is 0 Å². The lowest BCUT2D eigenvalue weighted by atomic mass is 9.86. The number of hydrogen-bond acceptors (Lipinski definition) is 0. The van der Waals surface area contributed by atoms with E-state index in [1.54, 1.807) is 0 Å². The van der Waals surface area contributed by atoms with E-state index in [4.69, 9.17) is 0 Å². The van der Waals surface area contributed by atoms with Gasteiger partial charge in [0.15, 0.2) is 0 Å². The lowest BCUT2D eigenvalue weighted by molar-refractivity contribution is 0.439. The standard InChI is InChI=1S/C13H18/c1-4-13(2,3)11-10-12-8-6-5-7-9-12/h4-9H,1,10-11H2,2-3H3. The van der Waals surface area contributed by atoms with Crippen molar-refractivity contribution in [1.29, 1.82) is 0 Å². The van der Waals surface area contributed by atoms with Gasteiger partial charge < -0.3 is 0 Å². The maximum atomic E-state index is 3.84. The molecule has 0 bridgehead atoms. The van der Waals surface area contributed by atoms with Crippen LogP contribution in [-0.2, 0) is 6.42 Å². The molecule has 0 saturated heterocycles. The van der Waals surface area contributed by atoms with Crippen LogP contribution in [0.3, 0.4) is 0 Å². The van der Waals surface area contributed by atoms with Crippen molar-refractivity contribution in [3.8, 4) is 0 Å². The molecular formula is C13H18. The number of rotatable bonds is 4. The van der Waals surface area contributed by atoms with E-state index in [0.29, 0.717) is 0 Å². The molecule has 1 rings (SSSR count). The number of benzene rings is 1. The molecule has 1 aromatic carbocycles. The van der Waals surface area contributed by atoms with Crippen molar-refractivity contribution in [2.24, 2.45) is 5.41 Å². The van der Waals surface area contributed by atoms with Crippen LogP contribution in [0.1, 0.15) is 25.8 Å². The van der Waals surface area contributed by atoms with Crippen molar-refractivity contribution in [3.05, 3.63) is 48.6 Å². The van der Waals surface area contributed by atoms with Crippen LogP contribution < -0.4 is 0 Å². The van der Waals surface area contributed by atoms with Crippen LogP contribution >= 0.6 is 0 Å². The van der Waals surface area contributed by atoms with E-state index in [-0.39, 0.29) is 5.41 Å². The Labute approximate surface area is 81.3 Å². The third kappa shape index (κ3) is 3.45. The van der Waals surface area contributed by atoms with Crippen molar-refractivity contribution in [2.75, 3.05) is 0 Å². The summed E-state index contributed by atoms with van der Waals surface area (Å²) in [5.74, 6) is 0. The highest BCUT2D eigenvalue weighted by molar-refractivity contribution is 5.15. The summed E-state index contributed by atoms with van der Waals surface area (Å²) in [7, 11) is 0. The van der Waals surface area contributed by atoms with Gasteiger partial charge in [-0.1, -0.05) is 50.3 Å². The first-order valence-electron chi connectivity index (χ1n) is 4.81. The fourth-order valence-electron chi connectivity index (χ4n) is 1.21. The van der Waals surface area contributed by atoms with Crippen molar-refractivity contribution in [1.82, 2.24) is 0 Å². The average molecular weight is 174 g/mol. The van der Waals surface area contributed by atoms with Gasteiger partial charge in [0.25, 0.3) is 0 Å². The van der Waals surface area contributed by atoms with Gasteiger partial charge in [0.2, 0.25) is 0 Å². The first kappa shape index (κ1) is 10.0. The zero-order valence-corrected chi connectivity index (χ0v) is 8.59. The molecule has 0 unspecified atom stereocenters. The van der Waals surface area contributed by atoms with Crippen LogP contribution in [0.2, 0.25) is 0 Å². The van der Waals surface area contributed by atoms with Crippen LogP contribution in [0, 0.1) is 5.41 Å². The third-order valence-corrected chi connectivity index (χ3v) is 2.45. The quantitative estimate of drug-likeness (QED) is 0.608. The molecule has 0 radical (unpaired) electrons. The highest BCUT2D eigenvalue weighted by Crippen LogP contribution is 2.23. The molecular weight excluding hydrogens is 156 g/mol. The van der Waals surface area contributed by atoms with Crippen molar-refractivity contribution < 1.29 is 0 Å². The first-order chi connectivity index (χ1) is 6.14. The van der Waals surface area contributed by atoms with Gasteiger partial charge in [0, 0.05) is 0 Å². The Kier molecular flexibility index (Phi) is 3.30. The maximum Gasteiger partial charge on any atom is -0.0174 e.